The third-order valence-corrected chi connectivity index (χ3v) is 2.62. The molecule has 0 amide bonds. The van der Waals surface area contributed by atoms with Crippen LogP contribution in [0.15, 0.2) is 29.2 Å². The minimum Gasteiger partial charge on any atom is -0.370 e. The third kappa shape index (κ3) is 2.88. The lowest BCUT2D eigenvalue weighted by molar-refractivity contribution is 0.442. The van der Waals surface area contributed by atoms with E-state index in [0.29, 0.717) is 5.65 Å². The van der Waals surface area contributed by atoms with E-state index in [9.17, 15) is 4.79 Å². The van der Waals surface area contributed by atoms with Crippen molar-refractivity contribution < 1.29 is 0 Å². The van der Waals surface area contributed by atoms with Crippen LogP contribution in [0.25, 0.3) is 5.65 Å². The summed E-state index contributed by atoms with van der Waals surface area (Å²) < 4.78 is 1.92. The van der Waals surface area contributed by atoms with Gasteiger partial charge >= 0.3 is 0 Å². The molecule has 0 saturated heterocycles. The van der Waals surface area contributed by atoms with E-state index in [1.54, 1.807) is 0 Å². The van der Waals surface area contributed by atoms with Crippen LogP contribution in [0.3, 0.4) is 0 Å². The van der Waals surface area contributed by atoms with Gasteiger partial charge in [0.2, 0.25) is 0 Å². The molecule has 2 heterocycles. The van der Waals surface area contributed by atoms with Crippen LogP contribution in [-0.4, -0.2) is 15.9 Å². The Morgan fingerprint density at radius 2 is 2.06 bits per heavy atom. The lowest BCUT2D eigenvalue weighted by atomic mass is 9.97. The SMILES string of the molecule is Cc1ccc2nc(=O)cc(NCC(C)(C)C)n2c1. The summed E-state index contributed by atoms with van der Waals surface area (Å²) in [6, 6.07) is 5.35. The summed E-state index contributed by atoms with van der Waals surface area (Å²) in [5, 5.41) is 3.32. The molecule has 2 aromatic heterocycles. The van der Waals surface area contributed by atoms with E-state index in [4.69, 9.17) is 0 Å². The smallest absolute Gasteiger partial charge is 0.275 e. The Labute approximate surface area is 107 Å². The first-order chi connectivity index (χ1) is 8.35. The number of nitrogens with zero attached hydrogens (tertiary/aromatic N) is 2. The number of nitrogens with one attached hydrogen (secondary N) is 1. The number of hydrogen-bond donors (Lipinski definition) is 1. The molecule has 0 aliphatic carbocycles. The molecule has 0 bridgehead atoms. The first-order valence-electron chi connectivity index (χ1n) is 6.09. The summed E-state index contributed by atoms with van der Waals surface area (Å²) in [4.78, 5) is 15.5. The van der Waals surface area contributed by atoms with Crippen LogP contribution in [0.1, 0.15) is 26.3 Å². The van der Waals surface area contributed by atoms with Crippen molar-refractivity contribution in [3.05, 3.63) is 40.3 Å². The molecule has 18 heavy (non-hydrogen) atoms. The predicted molar refractivity (Wildman–Crippen MR) is 74.1 cm³/mol. The second-order valence-corrected chi connectivity index (χ2v) is 5.83. The highest BCUT2D eigenvalue weighted by Crippen LogP contribution is 2.15. The average Bonchev–Trinajstić information content (AvgIpc) is 2.25. The van der Waals surface area contributed by atoms with E-state index in [1.165, 1.54) is 6.07 Å². The standard InChI is InChI=1S/C14H19N3O/c1-10-5-6-11-16-13(18)7-12(17(11)8-10)15-9-14(2,3)4/h5-8,15H,9H2,1-4H3. The molecule has 2 rings (SSSR count). The van der Waals surface area contributed by atoms with Crippen LogP contribution in [0.2, 0.25) is 0 Å². The molecule has 0 spiro atoms. The first kappa shape index (κ1) is 12.6. The highest BCUT2D eigenvalue weighted by atomic mass is 16.1. The van der Waals surface area contributed by atoms with Gasteiger partial charge in [-0.1, -0.05) is 26.8 Å². The molecule has 96 valence electrons. The van der Waals surface area contributed by atoms with E-state index >= 15 is 0 Å². The number of fused-ring (bicyclic) bond motifs is 1. The zero-order chi connectivity index (χ0) is 13.3. The number of anilines is 1. The minimum absolute atomic E-state index is 0.156. The normalized spacial score (nSPS) is 11.8. The summed E-state index contributed by atoms with van der Waals surface area (Å²) in [6.45, 7) is 9.27. The van der Waals surface area contributed by atoms with Crippen molar-refractivity contribution in [3.8, 4) is 0 Å². The van der Waals surface area contributed by atoms with Crippen molar-refractivity contribution in [1.29, 1.82) is 0 Å². The molecular weight excluding hydrogens is 226 g/mol. The second-order valence-electron chi connectivity index (χ2n) is 5.83. The first-order valence-corrected chi connectivity index (χ1v) is 6.09. The van der Waals surface area contributed by atoms with Crippen LogP contribution in [0.5, 0.6) is 0 Å². The van der Waals surface area contributed by atoms with Gasteiger partial charge in [0.1, 0.15) is 11.5 Å². The van der Waals surface area contributed by atoms with Gasteiger partial charge < -0.3 is 5.32 Å². The van der Waals surface area contributed by atoms with Crippen LogP contribution < -0.4 is 10.9 Å². The van der Waals surface area contributed by atoms with Gasteiger partial charge in [-0.05, 0) is 24.0 Å². The number of rotatable bonds is 2. The molecule has 0 unspecified atom stereocenters. The molecule has 4 heteroatoms. The van der Waals surface area contributed by atoms with E-state index < -0.39 is 0 Å². The Balaban J connectivity index is 2.48. The number of hydrogen-bond acceptors (Lipinski definition) is 3. The van der Waals surface area contributed by atoms with Crippen LogP contribution in [-0.2, 0) is 0 Å². The Kier molecular flexibility index (Phi) is 3.11. The van der Waals surface area contributed by atoms with E-state index in [2.05, 4.69) is 31.1 Å². The molecule has 0 radical (unpaired) electrons. The molecule has 1 N–H and O–H groups in total. The Morgan fingerprint density at radius 1 is 1.33 bits per heavy atom. The zero-order valence-corrected chi connectivity index (χ0v) is 11.3. The summed E-state index contributed by atoms with van der Waals surface area (Å²) in [7, 11) is 0. The van der Waals surface area contributed by atoms with Crippen molar-refractivity contribution in [2.75, 3.05) is 11.9 Å². The molecule has 0 saturated carbocycles. The van der Waals surface area contributed by atoms with Crippen molar-refractivity contribution in [1.82, 2.24) is 9.38 Å². The van der Waals surface area contributed by atoms with Gasteiger partial charge in [-0.3, -0.25) is 9.20 Å². The zero-order valence-electron chi connectivity index (χ0n) is 11.3. The quantitative estimate of drug-likeness (QED) is 0.884. The lowest BCUT2D eigenvalue weighted by Crippen LogP contribution is -2.22. The summed E-state index contributed by atoms with van der Waals surface area (Å²) >= 11 is 0. The Morgan fingerprint density at radius 3 is 2.72 bits per heavy atom. The Hall–Kier alpha value is -1.84. The maximum Gasteiger partial charge on any atom is 0.275 e. The van der Waals surface area contributed by atoms with Gasteiger partial charge in [0.25, 0.3) is 5.56 Å². The van der Waals surface area contributed by atoms with Crippen LogP contribution in [0.4, 0.5) is 5.82 Å². The van der Waals surface area contributed by atoms with E-state index in [0.717, 1.165) is 17.9 Å². The summed E-state index contributed by atoms with van der Waals surface area (Å²) in [6.07, 6.45) is 1.98. The topological polar surface area (TPSA) is 46.4 Å². The van der Waals surface area contributed by atoms with Crippen molar-refractivity contribution in [2.24, 2.45) is 5.41 Å². The fourth-order valence-corrected chi connectivity index (χ4v) is 1.71. The predicted octanol–water partition coefficient (Wildman–Crippen LogP) is 2.46. The monoisotopic (exact) mass is 245 g/mol. The molecule has 0 aromatic carbocycles. The van der Waals surface area contributed by atoms with Gasteiger partial charge in [0.15, 0.2) is 0 Å². The minimum atomic E-state index is -0.213. The highest BCUT2D eigenvalue weighted by molar-refractivity contribution is 5.49. The number of aryl methyl sites for hydroxylation is 1. The van der Waals surface area contributed by atoms with Gasteiger partial charge in [-0.2, -0.15) is 4.98 Å². The van der Waals surface area contributed by atoms with Crippen molar-refractivity contribution >= 4 is 11.5 Å². The molecule has 0 fully saturated rings. The highest BCUT2D eigenvalue weighted by Gasteiger charge is 2.11. The van der Waals surface area contributed by atoms with Crippen molar-refractivity contribution in [2.45, 2.75) is 27.7 Å². The summed E-state index contributed by atoms with van der Waals surface area (Å²) in [5.41, 5.74) is 1.75. The largest absolute Gasteiger partial charge is 0.370 e. The van der Waals surface area contributed by atoms with Crippen LogP contribution >= 0.6 is 0 Å². The molecule has 2 aromatic rings. The molecule has 4 nitrogen and oxygen atoms in total. The fraction of sp³-hybridized carbons (Fsp3) is 0.429. The molecule has 0 aliphatic heterocycles. The van der Waals surface area contributed by atoms with E-state index in [-0.39, 0.29) is 11.0 Å². The average molecular weight is 245 g/mol. The number of pyridine rings is 1. The second kappa shape index (κ2) is 4.44. The van der Waals surface area contributed by atoms with Gasteiger partial charge in [-0.25, -0.2) is 0 Å². The van der Waals surface area contributed by atoms with Crippen LogP contribution in [0, 0.1) is 12.3 Å². The molecular formula is C14H19N3O. The van der Waals surface area contributed by atoms with Gasteiger partial charge in [-0.15, -0.1) is 0 Å². The van der Waals surface area contributed by atoms with E-state index in [1.807, 2.05) is 29.7 Å². The fourth-order valence-electron chi connectivity index (χ4n) is 1.71. The molecule has 0 atom stereocenters. The number of aromatic nitrogens is 2. The maximum absolute atomic E-state index is 11.5. The third-order valence-electron chi connectivity index (χ3n) is 2.62. The molecule has 0 aliphatic rings. The maximum atomic E-state index is 11.5. The summed E-state index contributed by atoms with van der Waals surface area (Å²) in [5.74, 6) is 0.795. The Bertz CT molecular complexity index is 623. The van der Waals surface area contributed by atoms with Gasteiger partial charge in [0, 0.05) is 18.8 Å². The lowest BCUT2D eigenvalue weighted by Gasteiger charge is -2.20. The van der Waals surface area contributed by atoms with Gasteiger partial charge in [0.05, 0.1) is 0 Å². The van der Waals surface area contributed by atoms with Crippen molar-refractivity contribution in [3.63, 3.8) is 0 Å².